The lowest BCUT2D eigenvalue weighted by molar-refractivity contribution is 0.0164. The molecule has 1 amide bonds. The van der Waals surface area contributed by atoms with Crippen LogP contribution in [-0.2, 0) is 4.74 Å². The summed E-state index contributed by atoms with van der Waals surface area (Å²) in [6, 6.07) is 0.733. The third kappa shape index (κ3) is 4.68. The molecule has 1 saturated carbocycles. The largest absolute Gasteiger partial charge is 0.444 e. The monoisotopic (exact) mass is 268 g/mol. The van der Waals surface area contributed by atoms with Crippen LogP contribution in [0.25, 0.3) is 0 Å². The van der Waals surface area contributed by atoms with Crippen molar-refractivity contribution in [3.63, 3.8) is 0 Å². The number of nitrogens with zero attached hydrogens (tertiary/aromatic N) is 1. The van der Waals surface area contributed by atoms with Crippen LogP contribution in [0.4, 0.5) is 4.79 Å². The van der Waals surface area contributed by atoms with Crippen molar-refractivity contribution < 1.29 is 9.53 Å². The number of amides is 1. The number of hydrogen-bond acceptors (Lipinski definition) is 3. The van der Waals surface area contributed by atoms with Gasteiger partial charge in [-0.05, 0) is 58.9 Å². The van der Waals surface area contributed by atoms with Crippen LogP contribution >= 0.6 is 0 Å². The van der Waals surface area contributed by atoms with Crippen molar-refractivity contribution in [1.82, 2.24) is 10.2 Å². The van der Waals surface area contributed by atoms with E-state index < -0.39 is 5.60 Å². The topological polar surface area (TPSA) is 41.6 Å². The zero-order valence-electron chi connectivity index (χ0n) is 12.6. The average Bonchev–Trinajstić information content (AvgIpc) is 2.25. The van der Waals surface area contributed by atoms with Crippen molar-refractivity contribution in [2.24, 2.45) is 5.92 Å². The minimum Gasteiger partial charge on any atom is -0.444 e. The van der Waals surface area contributed by atoms with Crippen LogP contribution in [0.15, 0.2) is 0 Å². The van der Waals surface area contributed by atoms with Gasteiger partial charge >= 0.3 is 6.09 Å². The van der Waals surface area contributed by atoms with E-state index in [1.807, 2.05) is 25.7 Å². The third-order valence-corrected chi connectivity index (χ3v) is 3.97. The molecule has 110 valence electrons. The van der Waals surface area contributed by atoms with E-state index in [1.54, 1.807) is 0 Å². The standard InChI is InChI=1S/C15H28N2O2/c1-15(2,3)19-14(18)17-9-5-6-12(11-17)10-16-13-7-4-8-13/h12-13,16H,4-11H2,1-3H3. The van der Waals surface area contributed by atoms with Crippen LogP contribution < -0.4 is 5.32 Å². The third-order valence-electron chi connectivity index (χ3n) is 3.97. The van der Waals surface area contributed by atoms with Crippen LogP contribution in [0.2, 0.25) is 0 Å². The van der Waals surface area contributed by atoms with Gasteiger partial charge in [-0.3, -0.25) is 0 Å². The Morgan fingerprint density at radius 3 is 2.58 bits per heavy atom. The zero-order valence-corrected chi connectivity index (χ0v) is 12.6. The molecule has 0 aromatic heterocycles. The van der Waals surface area contributed by atoms with Crippen LogP contribution in [0.5, 0.6) is 0 Å². The summed E-state index contributed by atoms with van der Waals surface area (Å²) in [5.74, 6) is 0.585. The van der Waals surface area contributed by atoms with Gasteiger partial charge in [-0.1, -0.05) is 6.42 Å². The summed E-state index contributed by atoms with van der Waals surface area (Å²) in [5.41, 5.74) is -0.395. The van der Waals surface area contributed by atoms with E-state index in [2.05, 4.69) is 5.32 Å². The highest BCUT2D eigenvalue weighted by atomic mass is 16.6. The molecule has 1 heterocycles. The number of hydrogen-bond donors (Lipinski definition) is 1. The number of nitrogens with one attached hydrogen (secondary N) is 1. The summed E-state index contributed by atoms with van der Waals surface area (Å²) < 4.78 is 5.45. The molecular weight excluding hydrogens is 240 g/mol. The van der Waals surface area contributed by atoms with E-state index in [0.717, 1.165) is 32.1 Å². The van der Waals surface area contributed by atoms with Crippen molar-refractivity contribution in [1.29, 1.82) is 0 Å². The number of ether oxygens (including phenoxy) is 1. The van der Waals surface area contributed by atoms with Gasteiger partial charge in [0.25, 0.3) is 0 Å². The molecule has 0 bridgehead atoms. The number of carbonyl (C=O) groups excluding carboxylic acids is 1. The van der Waals surface area contributed by atoms with Gasteiger partial charge in [0.1, 0.15) is 5.60 Å². The summed E-state index contributed by atoms with van der Waals surface area (Å²) >= 11 is 0. The SMILES string of the molecule is CC(C)(C)OC(=O)N1CCCC(CNC2CCC2)C1. The second kappa shape index (κ2) is 6.12. The van der Waals surface area contributed by atoms with Crippen LogP contribution in [-0.4, -0.2) is 42.3 Å². The van der Waals surface area contributed by atoms with E-state index >= 15 is 0 Å². The first kappa shape index (κ1) is 14.6. The second-order valence-corrected chi connectivity index (χ2v) is 6.97. The fourth-order valence-electron chi connectivity index (χ4n) is 2.67. The van der Waals surface area contributed by atoms with Crippen molar-refractivity contribution in [3.05, 3.63) is 0 Å². The van der Waals surface area contributed by atoms with E-state index in [0.29, 0.717) is 5.92 Å². The summed E-state index contributed by atoms with van der Waals surface area (Å²) in [7, 11) is 0. The highest BCUT2D eigenvalue weighted by Gasteiger charge is 2.28. The van der Waals surface area contributed by atoms with Gasteiger partial charge in [0, 0.05) is 19.1 Å². The smallest absolute Gasteiger partial charge is 0.410 e. The number of carbonyl (C=O) groups is 1. The highest BCUT2D eigenvalue weighted by molar-refractivity contribution is 5.68. The summed E-state index contributed by atoms with van der Waals surface area (Å²) in [4.78, 5) is 13.9. The number of rotatable bonds is 3. The Bertz CT molecular complexity index is 308. The van der Waals surface area contributed by atoms with Crippen molar-refractivity contribution in [2.75, 3.05) is 19.6 Å². The number of likely N-dealkylation sites (tertiary alicyclic amines) is 1. The van der Waals surface area contributed by atoms with Crippen molar-refractivity contribution in [2.45, 2.75) is 64.5 Å². The van der Waals surface area contributed by atoms with Gasteiger partial charge in [0.05, 0.1) is 0 Å². The first-order chi connectivity index (χ1) is 8.94. The fraction of sp³-hybridized carbons (Fsp3) is 0.933. The molecule has 4 heteroatoms. The van der Waals surface area contributed by atoms with Gasteiger partial charge in [0.15, 0.2) is 0 Å². The zero-order chi connectivity index (χ0) is 13.9. The van der Waals surface area contributed by atoms with Crippen molar-refractivity contribution in [3.8, 4) is 0 Å². The molecule has 0 spiro atoms. The molecule has 1 unspecified atom stereocenters. The van der Waals surface area contributed by atoms with Gasteiger partial charge in [-0.15, -0.1) is 0 Å². The van der Waals surface area contributed by atoms with Gasteiger partial charge in [-0.2, -0.15) is 0 Å². The second-order valence-electron chi connectivity index (χ2n) is 6.97. The van der Waals surface area contributed by atoms with Gasteiger partial charge < -0.3 is 15.0 Å². The van der Waals surface area contributed by atoms with E-state index in [-0.39, 0.29) is 6.09 Å². The Morgan fingerprint density at radius 2 is 2.00 bits per heavy atom. The molecule has 1 atom stereocenters. The molecule has 1 aliphatic heterocycles. The first-order valence-corrected chi connectivity index (χ1v) is 7.65. The van der Waals surface area contributed by atoms with Gasteiger partial charge in [-0.25, -0.2) is 4.79 Å². The van der Waals surface area contributed by atoms with E-state index in [1.165, 1.54) is 25.7 Å². The Balaban J connectivity index is 1.74. The molecule has 1 N–H and O–H groups in total. The fourth-order valence-corrected chi connectivity index (χ4v) is 2.67. The molecule has 1 saturated heterocycles. The Morgan fingerprint density at radius 1 is 1.26 bits per heavy atom. The predicted octanol–water partition coefficient (Wildman–Crippen LogP) is 2.78. The summed E-state index contributed by atoms with van der Waals surface area (Å²) in [6.45, 7) is 8.49. The first-order valence-electron chi connectivity index (χ1n) is 7.65. The Kier molecular flexibility index (Phi) is 4.71. The molecule has 1 aliphatic carbocycles. The van der Waals surface area contributed by atoms with Crippen LogP contribution in [0.1, 0.15) is 52.9 Å². The quantitative estimate of drug-likeness (QED) is 0.855. The Hall–Kier alpha value is -0.770. The molecule has 0 aromatic rings. The molecule has 2 fully saturated rings. The molecule has 2 rings (SSSR count). The van der Waals surface area contributed by atoms with Gasteiger partial charge in [0.2, 0.25) is 0 Å². The Labute approximate surface area is 116 Å². The van der Waals surface area contributed by atoms with E-state index in [9.17, 15) is 4.79 Å². The highest BCUT2D eigenvalue weighted by Crippen LogP contribution is 2.21. The number of piperidine rings is 1. The van der Waals surface area contributed by atoms with Crippen LogP contribution in [0.3, 0.4) is 0 Å². The minimum atomic E-state index is -0.395. The molecular formula is C15H28N2O2. The maximum atomic E-state index is 12.0. The summed E-state index contributed by atoms with van der Waals surface area (Å²) in [6.07, 6.45) is 6.17. The lowest BCUT2D eigenvalue weighted by atomic mass is 9.91. The predicted molar refractivity (Wildman–Crippen MR) is 76.2 cm³/mol. The molecule has 4 nitrogen and oxygen atoms in total. The lowest BCUT2D eigenvalue weighted by Crippen LogP contribution is -2.46. The maximum Gasteiger partial charge on any atom is 0.410 e. The average molecular weight is 268 g/mol. The summed E-state index contributed by atoms with van der Waals surface area (Å²) in [5, 5.41) is 3.62. The molecule has 2 aliphatic rings. The molecule has 0 aromatic carbocycles. The molecule has 0 radical (unpaired) electrons. The van der Waals surface area contributed by atoms with Crippen molar-refractivity contribution >= 4 is 6.09 Å². The minimum absolute atomic E-state index is 0.152. The lowest BCUT2D eigenvalue weighted by Gasteiger charge is -2.35. The van der Waals surface area contributed by atoms with Crippen LogP contribution in [0, 0.1) is 5.92 Å². The molecule has 19 heavy (non-hydrogen) atoms. The normalized spacial score (nSPS) is 25.0. The maximum absolute atomic E-state index is 12.0. The van der Waals surface area contributed by atoms with E-state index in [4.69, 9.17) is 4.74 Å².